The molecule has 0 aliphatic carbocycles. The molecule has 2 aromatic carbocycles. The maximum Gasteiger partial charge on any atom is 0.231 e. The van der Waals surface area contributed by atoms with E-state index in [4.69, 9.17) is 14.2 Å². The molecule has 5 heteroatoms. The average molecular weight is 324 g/mol. The summed E-state index contributed by atoms with van der Waals surface area (Å²) in [7, 11) is 3.76. The van der Waals surface area contributed by atoms with Crippen LogP contribution in [0.2, 0.25) is 0 Å². The lowest BCUT2D eigenvalue weighted by Crippen LogP contribution is -2.41. The molecule has 0 saturated carbocycles. The van der Waals surface area contributed by atoms with Crippen molar-refractivity contribution in [2.24, 2.45) is 0 Å². The Morgan fingerprint density at radius 2 is 1.96 bits per heavy atom. The fourth-order valence-electron chi connectivity index (χ4n) is 4.17. The zero-order valence-corrected chi connectivity index (χ0v) is 13.6. The molecule has 0 spiro atoms. The number of aromatic hydroxyl groups is 1. The van der Waals surface area contributed by atoms with E-state index in [2.05, 4.69) is 31.5 Å². The van der Waals surface area contributed by atoms with Gasteiger partial charge in [-0.1, -0.05) is 0 Å². The molecule has 0 amide bonds. The van der Waals surface area contributed by atoms with Crippen LogP contribution in [-0.4, -0.2) is 26.1 Å². The van der Waals surface area contributed by atoms with Gasteiger partial charge in [0.15, 0.2) is 23.0 Å². The molecular weight excluding hydrogens is 306 g/mol. The minimum atomic E-state index is 0.184. The van der Waals surface area contributed by atoms with Gasteiger partial charge >= 0.3 is 0 Å². The number of methoxy groups -OCH3 is 1. The number of phenolic OH excluding ortho intramolecular Hbond substituents is 1. The quantitative estimate of drug-likeness (QED) is 0.817. The monoisotopic (exact) mass is 324 g/mol. The van der Waals surface area contributed by atoms with E-state index in [1.54, 1.807) is 7.11 Å². The highest BCUT2D eigenvalue weighted by Gasteiger charge is 2.47. The van der Waals surface area contributed by atoms with Gasteiger partial charge in [0.1, 0.15) is 17.9 Å². The van der Waals surface area contributed by atoms with Crippen LogP contribution in [-0.2, 0) is 6.42 Å². The van der Waals surface area contributed by atoms with Gasteiger partial charge in [-0.3, -0.25) is 4.48 Å². The molecule has 0 fully saturated rings. The lowest BCUT2D eigenvalue weighted by atomic mass is 9.93. The Morgan fingerprint density at radius 1 is 1.17 bits per heavy atom. The van der Waals surface area contributed by atoms with Crippen LogP contribution >= 0.6 is 0 Å². The largest absolute Gasteiger partial charge is 0.504 e. The molecule has 3 heterocycles. The Hall–Kier alpha value is -2.66. The molecule has 122 valence electrons. The fraction of sp³-hybridized carbons (Fsp3) is 0.263. The van der Waals surface area contributed by atoms with Crippen molar-refractivity contribution >= 4 is 11.8 Å². The molecule has 3 aliphatic heterocycles. The smallest absolute Gasteiger partial charge is 0.231 e. The van der Waals surface area contributed by atoms with Gasteiger partial charge in [-0.05, 0) is 29.8 Å². The molecule has 2 unspecified atom stereocenters. The number of benzene rings is 2. The summed E-state index contributed by atoms with van der Waals surface area (Å²) < 4.78 is 17.0. The number of hydrogen-bond donors (Lipinski definition) is 1. The van der Waals surface area contributed by atoms with Crippen molar-refractivity contribution in [3.05, 3.63) is 47.2 Å². The maximum absolute atomic E-state index is 10.2. The predicted molar refractivity (Wildman–Crippen MR) is 90.4 cm³/mol. The number of ether oxygens (including phenoxy) is 3. The standard InChI is InChI=1S/C19H17NO4/c1-20-4-3-11-6-17(22-2)16(21)8-13(11)15(20)5-12-7-18-19(9-14(12)20)24-10-23-18/h3-4,6-9,15H,5,10H2,1-2H3/p+1. The minimum Gasteiger partial charge on any atom is -0.504 e. The van der Waals surface area contributed by atoms with E-state index in [0.29, 0.717) is 10.2 Å². The number of quaternary nitrogens is 1. The van der Waals surface area contributed by atoms with E-state index >= 15 is 0 Å². The van der Waals surface area contributed by atoms with Gasteiger partial charge in [-0.15, -0.1) is 0 Å². The predicted octanol–water partition coefficient (Wildman–Crippen LogP) is 3.35. The SMILES string of the molecule is COc1cc2c(cc1O)C1Cc3cc4c(cc3[N+]1(C)C=C2)OCO4. The number of rotatable bonds is 1. The highest BCUT2D eigenvalue weighted by atomic mass is 16.7. The summed E-state index contributed by atoms with van der Waals surface area (Å²) in [6.07, 6.45) is 5.20. The van der Waals surface area contributed by atoms with Crippen LogP contribution in [0.5, 0.6) is 23.0 Å². The highest BCUT2D eigenvalue weighted by molar-refractivity contribution is 5.72. The number of fused-ring (bicyclic) bond motifs is 6. The first-order valence-electron chi connectivity index (χ1n) is 7.99. The number of nitrogens with zero attached hydrogens (tertiary/aromatic N) is 1. The Morgan fingerprint density at radius 3 is 2.75 bits per heavy atom. The second-order valence-corrected chi connectivity index (χ2v) is 6.67. The first-order valence-corrected chi connectivity index (χ1v) is 7.99. The third kappa shape index (κ3) is 1.62. The van der Waals surface area contributed by atoms with Gasteiger partial charge in [0.2, 0.25) is 6.79 Å². The molecule has 5 nitrogen and oxygen atoms in total. The fourth-order valence-corrected chi connectivity index (χ4v) is 4.17. The van der Waals surface area contributed by atoms with Crippen LogP contribution in [0.1, 0.15) is 22.7 Å². The van der Waals surface area contributed by atoms with Gasteiger partial charge in [0.25, 0.3) is 0 Å². The van der Waals surface area contributed by atoms with Crippen LogP contribution in [0.15, 0.2) is 30.5 Å². The lowest BCUT2D eigenvalue weighted by molar-refractivity contribution is 0.173. The molecule has 2 aromatic rings. The Bertz CT molecular complexity index is 905. The van der Waals surface area contributed by atoms with Crippen LogP contribution in [0.4, 0.5) is 5.69 Å². The Balaban J connectivity index is 1.68. The first kappa shape index (κ1) is 13.7. The molecule has 5 rings (SSSR count). The zero-order chi connectivity index (χ0) is 16.5. The second kappa shape index (κ2) is 4.45. The summed E-state index contributed by atoms with van der Waals surface area (Å²) in [4.78, 5) is 0. The van der Waals surface area contributed by atoms with Gasteiger partial charge < -0.3 is 19.3 Å². The van der Waals surface area contributed by atoms with Gasteiger partial charge in [-0.25, -0.2) is 0 Å². The van der Waals surface area contributed by atoms with Crippen molar-refractivity contribution < 1.29 is 19.3 Å². The maximum atomic E-state index is 10.2. The van der Waals surface area contributed by atoms with Crippen molar-refractivity contribution in [1.82, 2.24) is 4.48 Å². The van der Waals surface area contributed by atoms with E-state index in [0.717, 1.165) is 29.0 Å². The van der Waals surface area contributed by atoms with Crippen LogP contribution in [0.25, 0.3) is 6.08 Å². The van der Waals surface area contributed by atoms with Crippen LogP contribution in [0.3, 0.4) is 0 Å². The van der Waals surface area contributed by atoms with Crippen LogP contribution < -0.4 is 18.7 Å². The Labute approximate surface area is 139 Å². The molecule has 0 radical (unpaired) electrons. The topological polar surface area (TPSA) is 47.9 Å². The first-order chi connectivity index (χ1) is 11.6. The van der Waals surface area contributed by atoms with Crippen LogP contribution in [0, 0.1) is 0 Å². The zero-order valence-electron chi connectivity index (χ0n) is 13.6. The van der Waals surface area contributed by atoms with Gasteiger partial charge in [-0.2, -0.15) is 0 Å². The molecule has 0 saturated heterocycles. The summed E-state index contributed by atoms with van der Waals surface area (Å²) in [5, 5.41) is 10.2. The summed E-state index contributed by atoms with van der Waals surface area (Å²) in [5.41, 5.74) is 4.72. The summed E-state index contributed by atoms with van der Waals surface area (Å²) in [6.45, 7) is 0.289. The van der Waals surface area contributed by atoms with Crippen molar-refractivity contribution in [2.75, 3.05) is 21.0 Å². The highest BCUT2D eigenvalue weighted by Crippen LogP contribution is 2.53. The normalized spacial score (nSPS) is 25.2. The van der Waals surface area contributed by atoms with Crippen molar-refractivity contribution in [3.63, 3.8) is 0 Å². The van der Waals surface area contributed by atoms with Gasteiger partial charge in [0, 0.05) is 23.6 Å². The van der Waals surface area contributed by atoms with Crippen molar-refractivity contribution in [2.45, 2.75) is 12.5 Å². The van der Waals surface area contributed by atoms with E-state index < -0.39 is 0 Å². The van der Waals surface area contributed by atoms with E-state index in [1.165, 1.54) is 11.3 Å². The van der Waals surface area contributed by atoms with E-state index in [1.807, 2.05) is 12.1 Å². The molecule has 0 bridgehead atoms. The second-order valence-electron chi connectivity index (χ2n) is 6.67. The Kier molecular flexibility index (Phi) is 2.55. The summed E-state index contributed by atoms with van der Waals surface area (Å²) in [6, 6.07) is 8.15. The van der Waals surface area contributed by atoms with Crippen molar-refractivity contribution in [3.8, 4) is 23.0 Å². The minimum absolute atomic E-state index is 0.184. The summed E-state index contributed by atoms with van der Waals surface area (Å²) >= 11 is 0. The van der Waals surface area contributed by atoms with E-state index in [9.17, 15) is 5.11 Å². The van der Waals surface area contributed by atoms with Gasteiger partial charge in [0.05, 0.1) is 14.2 Å². The molecule has 3 aliphatic rings. The number of likely N-dealkylation sites (N-methyl/N-ethyl adjacent to an activating group) is 1. The average Bonchev–Trinajstić information content (AvgIpc) is 3.14. The molecule has 1 N–H and O–H groups in total. The summed E-state index contributed by atoms with van der Waals surface area (Å²) in [5.74, 6) is 2.32. The van der Waals surface area contributed by atoms with E-state index in [-0.39, 0.29) is 18.6 Å². The number of phenols is 1. The third-order valence-electron chi connectivity index (χ3n) is 5.46. The number of hydrogen-bond acceptors (Lipinski definition) is 4. The lowest BCUT2D eigenvalue weighted by Gasteiger charge is -2.36. The van der Waals surface area contributed by atoms with Crippen molar-refractivity contribution in [1.29, 1.82) is 0 Å². The molecule has 24 heavy (non-hydrogen) atoms. The molecule has 2 atom stereocenters. The molecule has 0 aromatic heterocycles. The molecular formula is C19H18NO4+. The third-order valence-corrected chi connectivity index (χ3v) is 5.46.